The molecule has 4 aliphatic rings. The number of terminal acetylenes is 1. The quantitative estimate of drug-likeness (QED) is 0.536. The molecule has 0 radical (unpaired) electrons. The number of aliphatic hydroxyl groups is 2. The summed E-state index contributed by atoms with van der Waals surface area (Å²) in [6, 6.07) is 0. The molecular formula is C25H38O2. The molecule has 0 aromatic heterocycles. The molecular weight excluding hydrogens is 332 g/mol. The number of fused-ring (bicyclic) bond motifs is 5. The molecule has 3 saturated carbocycles. The van der Waals surface area contributed by atoms with E-state index >= 15 is 0 Å². The highest BCUT2D eigenvalue weighted by Crippen LogP contribution is 2.67. The van der Waals surface area contributed by atoms with Gasteiger partial charge >= 0.3 is 0 Å². The van der Waals surface area contributed by atoms with Gasteiger partial charge in [-0.2, -0.15) is 0 Å². The Kier molecular flexibility index (Phi) is 4.80. The highest BCUT2D eigenvalue weighted by molar-refractivity contribution is 5.25. The Labute approximate surface area is 165 Å². The predicted molar refractivity (Wildman–Crippen MR) is 110 cm³/mol. The molecule has 3 fully saturated rings. The second kappa shape index (κ2) is 6.64. The van der Waals surface area contributed by atoms with E-state index in [0.717, 1.165) is 49.9 Å². The number of hydrogen-bond acceptors (Lipinski definition) is 2. The molecule has 2 nitrogen and oxygen atoms in total. The minimum atomic E-state index is -0.642. The van der Waals surface area contributed by atoms with E-state index in [4.69, 9.17) is 6.42 Å². The van der Waals surface area contributed by atoms with Gasteiger partial charge in [-0.05, 0) is 99.2 Å². The largest absolute Gasteiger partial charge is 0.393 e. The first kappa shape index (κ1) is 19.5. The normalized spacial score (nSPS) is 48.4. The summed E-state index contributed by atoms with van der Waals surface area (Å²) in [5.74, 6) is 5.33. The summed E-state index contributed by atoms with van der Waals surface area (Å²) in [6.07, 6.45) is 18.4. The van der Waals surface area contributed by atoms with E-state index < -0.39 is 5.60 Å². The fourth-order valence-electron chi connectivity index (χ4n) is 8.16. The van der Waals surface area contributed by atoms with Crippen LogP contribution < -0.4 is 0 Å². The maximum absolute atomic E-state index is 11.3. The van der Waals surface area contributed by atoms with Gasteiger partial charge in [0.25, 0.3) is 0 Å². The standard InChI is InChI=1S/C25H38O2/c1-5-6-13-25(4,27)22-10-9-20-19-8-7-17-16-18(26)11-14-23(17,2)21(19)12-15-24(20,22)3/h1,7,18-22,26-27H,6,8-16H2,2-4H3/t18-,19-,20-,21-,22-,23-,24-,25-/m0/s1. The monoisotopic (exact) mass is 370 g/mol. The Hall–Kier alpha value is -0.780. The summed E-state index contributed by atoms with van der Waals surface area (Å²) in [6.45, 7) is 7.00. The summed E-state index contributed by atoms with van der Waals surface area (Å²) in [7, 11) is 0. The van der Waals surface area contributed by atoms with Crippen molar-refractivity contribution in [1.82, 2.24) is 0 Å². The Morgan fingerprint density at radius 1 is 1.19 bits per heavy atom. The molecule has 150 valence electrons. The van der Waals surface area contributed by atoms with Crippen molar-refractivity contribution in [3.63, 3.8) is 0 Å². The van der Waals surface area contributed by atoms with Crippen molar-refractivity contribution in [1.29, 1.82) is 0 Å². The van der Waals surface area contributed by atoms with Gasteiger partial charge in [0.1, 0.15) is 0 Å². The van der Waals surface area contributed by atoms with E-state index in [0.29, 0.717) is 17.8 Å². The Balaban J connectivity index is 1.60. The number of aliphatic hydroxyl groups excluding tert-OH is 1. The molecule has 0 spiro atoms. The molecule has 0 aromatic carbocycles. The van der Waals surface area contributed by atoms with Crippen LogP contribution in [0.4, 0.5) is 0 Å². The van der Waals surface area contributed by atoms with Crippen molar-refractivity contribution in [2.24, 2.45) is 34.5 Å². The number of rotatable bonds is 3. The van der Waals surface area contributed by atoms with Crippen LogP contribution in [-0.4, -0.2) is 21.9 Å². The molecule has 2 N–H and O–H groups in total. The maximum atomic E-state index is 11.3. The summed E-state index contributed by atoms with van der Waals surface area (Å²) in [4.78, 5) is 0. The van der Waals surface area contributed by atoms with Gasteiger partial charge in [-0.1, -0.05) is 25.5 Å². The molecule has 8 atom stereocenters. The summed E-state index contributed by atoms with van der Waals surface area (Å²) in [5.41, 5.74) is 1.45. The molecule has 4 aliphatic carbocycles. The molecule has 0 bridgehead atoms. The summed E-state index contributed by atoms with van der Waals surface area (Å²) in [5, 5.41) is 21.4. The van der Waals surface area contributed by atoms with Crippen LogP contribution in [-0.2, 0) is 0 Å². The zero-order chi connectivity index (χ0) is 19.4. The van der Waals surface area contributed by atoms with Gasteiger partial charge in [0, 0.05) is 6.42 Å². The highest BCUT2D eigenvalue weighted by Gasteiger charge is 2.61. The topological polar surface area (TPSA) is 40.5 Å². The third kappa shape index (κ3) is 2.92. The van der Waals surface area contributed by atoms with Crippen LogP contribution in [0.15, 0.2) is 11.6 Å². The number of hydrogen-bond donors (Lipinski definition) is 2. The first-order valence-electron chi connectivity index (χ1n) is 11.3. The number of allylic oxidation sites excluding steroid dienone is 1. The average molecular weight is 371 g/mol. The van der Waals surface area contributed by atoms with E-state index in [9.17, 15) is 10.2 Å². The minimum Gasteiger partial charge on any atom is -0.393 e. The van der Waals surface area contributed by atoms with Crippen LogP contribution in [0.25, 0.3) is 0 Å². The average Bonchev–Trinajstić information content (AvgIpc) is 2.99. The fourth-order valence-corrected chi connectivity index (χ4v) is 8.16. The Morgan fingerprint density at radius 2 is 1.96 bits per heavy atom. The van der Waals surface area contributed by atoms with Crippen LogP contribution in [0.1, 0.15) is 85.0 Å². The molecule has 0 amide bonds. The van der Waals surface area contributed by atoms with E-state index in [1.807, 2.05) is 6.92 Å². The van der Waals surface area contributed by atoms with Gasteiger partial charge in [-0.15, -0.1) is 12.3 Å². The molecule has 0 unspecified atom stereocenters. The second-order valence-corrected chi connectivity index (χ2v) is 10.9. The van der Waals surface area contributed by atoms with Crippen LogP contribution in [0.2, 0.25) is 0 Å². The van der Waals surface area contributed by atoms with Crippen molar-refractivity contribution in [2.75, 3.05) is 0 Å². The van der Waals surface area contributed by atoms with Crippen molar-refractivity contribution >= 4 is 0 Å². The lowest BCUT2D eigenvalue weighted by Crippen LogP contribution is -2.53. The zero-order valence-electron chi connectivity index (χ0n) is 17.5. The smallest absolute Gasteiger partial charge is 0.0662 e. The minimum absolute atomic E-state index is 0.128. The Bertz CT molecular complexity index is 656. The summed E-state index contributed by atoms with van der Waals surface area (Å²) < 4.78 is 0. The Morgan fingerprint density at radius 3 is 2.70 bits per heavy atom. The first-order chi connectivity index (χ1) is 12.7. The van der Waals surface area contributed by atoms with E-state index in [-0.39, 0.29) is 11.5 Å². The SMILES string of the molecule is C#CCC[C@](C)(O)[C@H]1CC[C@H]2[C@@H]3CC=C4C[C@@H](O)CC[C@]4(C)[C@H]3CC[C@@]21C. The van der Waals surface area contributed by atoms with Crippen LogP contribution in [0.5, 0.6) is 0 Å². The van der Waals surface area contributed by atoms with Gasteiger partial charge in [-0.25, -0.2) is 0 Å². The van der Waals surface area contributed by atoms with Crippen molar-refractivity contribution in [3.05, 3.63) is 11.6 Å². The lowest BCUT2D eigenvalue weighted by molar-refractivity contribution is -0.104. The van der Waals surface area contributed by atoms with Gasteiger partial charge in [0.2, 0.25) is 0 Å². The first-order valence-corrected chi connectivity index (χ1v) is 11.3. The van der Waals surface area contributed by atoms with E-state index in [1.54, 1.807) is 5.57 Å². The molecule has 0 aromatic rings. The van der Waals surface area contributed by atoms with Crippen molar-refractivity contribution in [2.45, 2.75) is 96.7 Å². The zero-order valence-corrected chi connectivity index (χ0v) is 17.5. The maximum Gasteiger partial charge on any atom is 0.0662 e. The third-order valence-electron chi connectivity index (χ3n) is 9.60. The van der Waals surface area contributed by atoms with Crippen LogP contribution >= 0.6 is 0 Å². The molecule has 0 saturated heterocycles. The lowest BCUT2D eigenvalue weighted by Gasteiger charge is -2.59. The molecule has 0 aliphatic heterocycles. The predicted octanol–water partition coefficient (Wildman–Crippen LogP) is 5.09. The van der Waals surface area contributed by atoms with Gasteiger partial charge in [0.05, 0.1) is 11.7 Å². The highest BCUT2D eigenvalue weighted by atomic mass is 16.3. The van der Waals surface area contributed by atoms with E-state index in [1.165, 1.54) is 25.7 Å². The molecule has 2 heteroatoms. The van der Waals surface area contributed by atoms with Crippen molar-refractivity contribution in [3.8, 4) is 12.3 Å². The molecule has 0 heterocycles. The molecule has 4 rings (SSSR count). The fraction of sp³-hybridized carbons (Fsp3) is 0.840. The second-order valence-electron chi connectivity index (χ2n) is 10.9. The van der Waals surface area contributed by atoms with E-state index in [2.05, 4.69) is 25.8 Å². The summed E-state index contributed by atoms with van der Waals surface area (Å²) >= 11 is 0. The van der Waals surface area contributed by atoms with Gasteiger partial charge < -0.3 is 10.2 Å². The lowest BCUT2D eigenvalue weighted by atomic mass is 9.46. The van der Waals surface area contributed by atoms with Crippen LogP contribution in [0, 0.1) is 46.8 Å². The van der Waals surface area contributed by atoms with Gasteiger partial charge in [-0.3, -0.25) is 0 Å². The van der Waals surface area contributed by atoms with Gasteiger partial charge in [0.15, 0.2) is 0 Å². The van der Waals surface area contributed by atoms with Crippen molar-refractivity contribution < 1.29 is 10.2 Å². The third-order valence-corrected chi connectivity index (χ3v) is 9.60. The molecule has 27 heavy (non-hydrogen) atoms. The van der Waals surface area contributed by atoms with Crippen LogP contribution in [0.3, 0.4) is 0 Å².